The van der Waals surface area contributed by atoms with Crippen molar-refractivity contribution < 1.29 is 9.84 Å². The molecule has 3 nitrogen and oxygen atoms in total. The lowest BCUT2D eigenvalue weighted by Gasteiger charge is -2.23. The Morgan fingerprint density at radius 2 is 2.00 bits per heavy atom. The lowest BCUT2D eigenvalue weighted by Crippen LogP contribution is -2.19. The van der Waals surface area contributed by atoms with Crippen molar-refractivity contribution in [3.8, 4) is 5.75 Å². The molecule has 20 heavy (non-hydrogen) atoms. The molecule has 2 rings (SSSR count). The van der Waals surface area contributed by atoms with Crippen molar-refractivity contribution in [1.82, 2.24) is 0 Å². The van der Waals surface area contributed by atoms with Crippen LogP contribution < -0.4 is 9.64 Å². The summed E-state index contributed by atoms with van der Waals surface area (Å²) in [7, 11) is 1.83. The zero-order valence-corrected chi connectivity index (χ0v) is 14.0. The van der Waals surface area contributed by atoms with Crippen LogP contribution >= 0.6 is 22.6 Å². The van der Waals surface area contributed by atoms with Crippen molar-refractivity contribution in [1.29, 1.82) is 0 Å². The van der Waals surface area contributed by atoms with Crippen LogP contribution in [0.2, 0.25) is 0 Å². The Labute approximate surface area is 133 Å². The van der Waals surface area contributed by atoms with Gasteiger partial charge in [-0.25, -0.2) is 0 Å². The normalized spacial score (nSPS) is 16.4. The number of ether oxygens (including phenoxy) is 1. The maximum absolute atomic E-state index is 10.5. The number of halogens is 1. The van der Waals surface area contributed by atoms with E-state index in [-0.39, 0.29) is 12.0 Å². The Hall–Kier alpha value is -1.43. The minimum absolute atomic E-state index is 0.0887. The third-order valence-electron chi connectivity index (χ3n) is 2.91. The first-order valence-corrected chi connectivity index (χ1v) is 7.55. The SMILES string of the molecule is CC(C)Oc1ccccc1N(C)/C(O)=C1/C=CC=C1I. The predicted octanol–water partition coefficient (Wildman–Crippen LogP) is 4.57. The van der Waals surface area contributed by atoms with Crippen LogP contribution in [0.15, 0.2) is 57.5 Å². The van der Waals surface area contributed by atoms with Gasteiger partial charge in [0, 0.05) is 16.2 Å². The highest BCUT2D eigenvalue weighted by molar-refractivity contribution is 14.1. The molecule has 1 aromatic carbocycles. The van der Waals surface area contributed by atoms with E-state index in [9.17, 15) is 5.11 Å². The number of hydrogen-bond donors (Lipinski definition) is 1. The lowest BCUT2D eigenvalue weighted by atomic mass is 10.2. The van der Waals surface area contributed by atoms with Crippen LogP contribution in [0.4, 0.5) is 5.69 Å². The summed E-state index contributed by atoms with van der Waals surface area (Å²) in [4.78, 5) is 1.75. The van der Waals surface area contributed by atoms with E-state index in [0.29, 0.717) is 0 Å². The highest BCUT2D eigenvalue weighted by Crippen LogP contribution is 2.33. The molecule has 0 atom stereocenters. The summed E-state index contributed by atoms with van der Waals surface area (Å²) in [6.07, 6.45) is 5.89. The van der Waals surface area contributed by atoms with Gasteiger partial charge in [0.25, 0.3) is 0 Å². The van der Waals surface area contributed by atoms with Gasteiger partial charge in [-0.05, 0) is 60.7 Å². The van der Waals surface area contributed by atoms with E-state index >= 15 is 0 Å². The quantitative estimate of drug-likeness (QED) is 0.611. The standard InChI is InChI=1S/C16H18INO2/c1-11(2)20-15-10-5-4-9-14(15)18(3)16(19)12-7-6-8-13(12)17/h4-11,19H,1-3H3/b16-12+. The molecule has 0 saturated carbocycles. The van der Waals surface area contributed by atoms with Crippen molar-refractivity contribution in [3.05, 3.63) is 57.5 Å². The van der Waals surface area contributed by atoms with Crippen LogP contribution in [0.3, 0.4) is 0 Å². The molecule has 1 aliphatic rings. The number of hydrogen-bond acceptors (Lipinski definition) is 3. The van der Waals surface area contributed by atoms with Crippen LogP contribution in [-0.2, 0) is 0 Å². The summed E-state index contributed by atoms with van der Waals surface area (Å²) >= 11 is 2.21. The lowest BCUT2D eigenvalue weighted by molar-refractivity contribution is 0.242. The Bertz CT molecular complexity index is 588. The number of para-hydroxylation sites is 2. The largest absolute Gasteiger partial charge is 0.494 e. The molecular weight excluding hydrogens is 365 g/mol. The summed E-state index contributed by atoms with van der Waals surface area (Å²) in [5.41, 5.74) is 1.67. The van der Waals surface area contributed by atoms with Gasteiger partial charge in [-0.1, -0.05) is 18.2 Å². The van der Waals surface area contributed by atoms with E-state index in [1.807, 2.05) is 63.4 Å². The predicted molar refractivity (Wildman–Crippen MR) is 91.5 cm³/mol. The monoisotopic (exact) mass is 383 g/mol. The number of aliphatic hydroxyl groups excluding tert-OH is 1. The molecule has 0 amide bonds. The van der Waals surface area contributed by atoms with Crippen molar-refractivity contribution >= 4 is 28.3 Å². The van der Waals surface area contributed by atoms with Crippen LogP contribution in [0.25, 0.3) is 0 Å². The summed E-state index contributed by atoms with van der Waals surface area (Å²) in [6, 6.07) is 7.71. The first-order valence-electron chi connectivity index (χ1n) is 6.47. The molecule has 0 radical (unpaired) electrons. The minimum Gasteiger partial charge on any atom is -0.494 e. The van der Waals surface area contributed by atoms with Gasteiger partial charge in [0.1, 0.15) is 5.75 Å². The molecule has 0 bridgehead atoms. The van der Waals surface area contributed by atoms with E-state index in [0.717, 1.165) is 20.6 Å². The third kappa shape index (κ3) is 3.17. The molecule has 0 spiro atoms. The number of anilines is 1. The van der Waals surface area contributed by atoms with Crippen molar-refractivity contribution in [2.45, 2.75) is 20.0 Å². The Balaban J connectivity index is 2.37. The van der Waals surface area contributed by atoms with E-state index in [2.05, 4.69) is 22.6 Å². The zero-order chi connectivity index (χ0) is 14.7. The Morgan fingerprint density at radius 3 is 2.60 bits per heavy atom. The van der Waals surface area contributed by atoms with Crippen LogP contribution in [0.1, 0.15) is 13.8 Å². The van der Waals surface area contributed by atoms with Gasteiger partial charge in [0.15, 0.2) is 5.88 Å². The number of aliphatic hydroxyl groups is 1. The first-order chi connectivity index (χ1) is 9.50. The fraction of sp³-hybridized carbons (Fsp3) is 0.250. The van der Waals surface area contributed by atoms with Crippen LogP contribution in [-0.4, -0.2) is 18.3 Å². The minimum atomic E-state index is 0.0887. The molecule has 1 aromatic rings. The smallest absolute Gasteiger partial charge is 0.199 e. The first kappa shape index (κ1) is 15.0. The molecule has 4 heteroatoms. The topological polar surface area (TPSA) is 32.7 Å². The average Bonchev–Trinajstić information content (AvgIpc) is 2.83. The number of nitrogens with zero attached hydrogens (tertiary/aromatic N) is 1. The summed E-state index contributed by atoms with van der Waals surface area (Å²) in [5.74, 6) is 0.984. The van der Waals surface area contributed by atoms with Crippen LogP contribution in [0.5, 0.6) is 5.75 Å². The van der Waals surface area contributed by atoms with Gasteiger partial charge >= 0.3 is 0 Å². The molecular formula is C16H18INO2. The van der Waals surface area contributed by atoms with E-state index in [4.69, 9.17) is 4.74 Å². The molecule has 0 aliphatic heterocycles. The van der Waals surface area contributed by atoms with Gasteiger partial charge in [0.2, 0.25) is 0 Å². The Kier molecular flexibility index (Phi) is 4.75. The fourth-order valence-electron chi connectivity index (χ4n) is 1.96. The molecule has 0 heterocycles. The van der Waals surface area contributed by atoms with Gasteiger partial charge in [-0.3, -0.25) is 0 Å². The second-order valence-corrected chi connectivity index (χ2v) is 5.97. The number of rotatable bonds is 4. The van der Waals surface area contributed by atoms with E-state index in [1.54, 1.807) is 4.90 Å². The van der Waals surface area contributed by atoms with Gasteiger partial charge in [-0.15, -0.1) is 0 Å². The molecule has 0 fully saturated rings. The maximum Gasteiger partial charge on any atom is 0.199 e. The summed E-state index contributed by atoms with van der Waals surface area (Å²) in [5, 5.41) is 10.5. The fourth-order valence-corrected chi connectivity index (χ4v) is 2.59. The molecule has 1 aliphatic carbocycles. The second-order valence-electron chi connectivity index (χ2n) is 4.80. The molecule has 0 unspecified atom stereocenters. The number of benzene rings is 1. The zero-order valence-electron chi connectivity index (χ0n) is 11.8. The summed E-state index contributed by atoms with van der Waals surface area (Å²) in [6.45, 7) is 3.97. The third-order valence-corrected chi connectivity index (χ3v) is 3.85. The highest BCUT2D eigenvalue weighted by Gasteiger charge is 2.17. The highest BCUT2D eigenvalue weighted by atomic mass is 127. The van der Waals surface area contributed by atoms with E-state index in [1.165, 1.54) is 0 Å². The second kappa shape index (κ2) is 6.35. The molecule has 0 saturated heterocycles. The molecule has 0 aromatic heterocycles. The molecule has 106 valence electrons. The van der Waals surface area contributed by atoms with Gasteiger partial charge in [-0.2, -0.15) is 0 Å². The Morgan fingerprint density at radius 1 is 1.30 bits per heavy atom. The van der Waals surface area contributed by atoms with Gasteiger partial charge in [0.05, 0.1) is 11.8 Å². The van der Waals surface area contributed by atoms with Crippen molar-refractivity contribution in [3.63, 3.8) is 0 Å². The van der Waals surface area contributed by atoms with Crippen LogP contribution in [0, 0.1) is 0 Å². The molecule has 1 N–H and O–H groups in total. The maximum atomic E-state index is 10.5. The number of allylic oxidation sites excluding steroid dienone is 5. The van der Waals surface area contributed by atoms with Crippen molar-refractivity contribution in [2.24, 2.45) is 0 Å². The average molecular weight is 383 g/mol. The van der Waals surface area contributed by atoms with Crippen molar-refractivity contribution in [2.75, 3.05) is 11.9 Å². The van der Waals surface area contributed by atoms with Gasteiger partial charge < -0.3 is 14.7 Å². The summed E-state index contributed by atoms with van der Waals surface area (Å²) < 4.78 is 6.82. The van der Waals surface area contributed by atoms with E-state index < -0.39 is 0 Å².